The van der Waals surface area contributed by atoms with Gasteiger partial charge in [0.25, 0.3) is 11.8 Å². The molecule has 1 aliphatic rings. The average Bonchev–Trinajstić information content (AvgIpc) is 2.94. The van der Waals surface area contributed by atoms with Gasteiger partial charge in [0, 0.05) is 24.0 Å². The van der Waals surface area contributed by atoms with Crippen molar-refractivity contribution < 1.29 is 9.21 Å². The van der Waals surface area contributed by atoms with E-state index in [-0.39, 0.29) is 5.91 Å². The van der Waals surface area contributed by atoms with Crippen molar-refractivity contribution in [1.29, 1.82) is 0 Å². The molecule has 0 bridgehead atoms. The molecule has 0 atom stereocenters. The minimum atomic E-state index is -0.193. The highest BCUT2D eigenvalue weighted by molar-refractivity contribution is 7.15. The predicted octanol–water partition coefficient (Wildman–Crippen LogP) is 2.97. The largest absolute Gasteiger partial charge is 0.420 e. The van der Waals surface area contributed by atoms with E-state index in [1.807, 2.05) is 13.0 Å². The second kappa shape index (κ2) is 5.31. The van der Waals surface area contributed by atoms with Crippen LogP contribution in [0.4, 0.5) is 5.69 Å². The predicted molar refractivity (Wildman–Crippen MR) is 85.5 cm³/mol. The lowest BCUT2D eigenvalue weighted by atomic mass is 10.3. The zero-order valence-corrected chi connectivity index (χ0v) is 13.6. The van der Waals surface area contributed by atoms with E-state index in [4.69, 9.17) is 4.42 Å². The summed E-state index contributed by atoms with van der Waals surface area (Å²) in [6.07, 6.45) is 3.84. The standard InChI is InChI=1S/C15H15N5O2S/c1-8-10(17-13(21)11-5-6-16-20(11)2)7-12(23-8)15-19-18-14(22-15)9-3-4-9/h5-7,9H,3-4H2,1-2H3,(H,17,21). The number of carbonyl (C=O) groups excluding carboxylic acids is 1. The van der Waals surface area contributed by atoms with Crippen LogP contribution in [0.3, 0.4) is 0 Å². The Kier molecular flexibility index (Phi) is 3.26. The number of hydrogen-bond donors (Lipinski definition) is 1. The number of rotatable bonds is 4. The topological polar surface area (TPSA) is 85.8 Å². The van der Waals surface area contributed by atoms with E-state index in [9.17, 15) is 4.79 Å². The summed E-state index contributed by atoms with van der Waals surface area (Å²) in [7, 11) is 1.73. The Morgan fingerprint density at radius 1 is 1.43 bits per heavy atom. The Morgan fingerprint density at radius 2 is 2.26 bits per heavy atom. The van der Waals surface area contributed by atoms with E-state index < -0.39 is 0 Å². The summed E-state index contributed by atoms with van der Waals surface area (Å²) in [6.45, 7) is 1.95. The Hall–Kier alpha value is -2.48. The van der Waals surface area contributed by atoms with Crippen LogP contribution in [0.2, 0.25) is 0 Å². The van der Waals surface area contributed by atoms with Crippen LogP contribution in [0, 0.1) is 6.92 Å². The molecule has 3 aromatic heterocycles. The summed E-state index contributed by atoms with van der Waals surface area (Å²) in [5, 5.41) is 15.1. The Morgan fingerprint density at radius 3 is 2.96 bits per heavy atom. The molecule has 23 heavy (non-hydrogen) atoms. The van der Waals surface area contributed by atoms with E-state index in [0.29, 0.717) is 23.4 Å². The molecule has 3 heterocycles. The molecule has 1 saturated carbocycles. The van der Waals surface area contributed by atoms with Crippen LogP contribution in [-0.2, 0) is 7.05 Å². The molecule has 118 valence electrons. The minimum Gasteiger partial charge on any atom is -0.420 e. The second-order valence-corrected chi connectivity index (χ2v) is 6.85. The summed E-state index contributed by atoms with van der Waals surface area (Å²) in [6, 6.07) is 3.55. The number of hydrogen-bond acceptors (Lipinski definition) is 6. The van der Waals surface area contributed by atoms with E-state index in [1.165, 1.54) is 16.0 Å². The van der Waals surface area contributed by atoms with E-state index in [1.54, 1.807) is 19.3 Å². The number of aryl methyl sites for hydroxylation is 2. The number of thiophene rings is 1. The van der Waals surface area contributed by atoms with Crippen molar-refractivity contribution in [3.05, 3.63) is 34.8 Å². The first kappa shape index (κ1) is 14.1. The smallest absolute Gasteiger partial charge is 0.273 e. The molecule has 3 aromatic rings. The fraction of sp³-hybridized carbons (Fsp3) is 0.333. The SMILES string of the molecule is Cc1sc(-c2nnc(C3CC3)o2)cc1NC(=O)c1ccnn1C. The van der Waals surface area contributed by atoms with Crippen molar-refractivity contribution in [2.45, 2.75) is 25.7 Å². The third-order valence-corrected chi connectivity index (χ3v) is 4.84. The van der Waals surface area contributed by atoms with Crippen molar-refractivity contribution in [1.82, 2.24) is 20.0 Å². The van der Waals surface area contributed by atoms with Gasteiger partial charge >= 0.3 is 0 Å². The molecule has 0 aliphatic heterocycles. The molecule has 0 radical (unpaired) electrons. The first-order valence-corrected chi connectivity index (χ1v) is 8.17. The first-order valence-electron chi connectivity index (χ1n) is 7.35. The molecule has 1 N–H and O–H groups in total. The van der Waals surface area contributed by atoms with Gasteiger partial charge in [-0.25, -0.2) is 0 Å². The van der Waals surface area contributed by atoms with Crippen LogP contribution < -0.4 is 5.32 Å². The molecule has 1 amide bonds. The molecule has 0 unspecified atom stereocenters. The molecular weight excluding hydrogens is 314 g/mol. The minimum absolute atomic E-state index is 0.193. The van der Waals surface area contributed by atoms with Crippen molar-refractivity contribution in [2.24, 2.45) is 7.05 Å². The highest BCUT2D eigenvalue weighted by Gasteiger charge is 2.30. The zero-order valence-electron chi connectivity index (χ0n) is 12.7. The monoisotopic (exact) mass is 329 g/mol. The molecule has 1 aliphatic carbocycles. The van der Waals surface area contributed by atoms with E-state index in [2.05, 4.69) is 20.6 Å². The van der Waals surface area contributed by atoms with Gasteiger partial charge < -0.3 is 9.73 Å². The summed E-state index contributed by atoms with van der Waals surface area (Å²) < 4.78 is 7.26. The van der Waals surface area contributed by atoms with Crippen molar-refractivity contribution in [3.63, 3.8) is 0 Å². The van der Waals surface area contributed by atoms with Crippen molar-refractivity contribution in [3.8, 4) is 10.8 Å². The number of aromatic nitrogens is 4. The Balaban J connectivity index is 1.56. The second-order valence-electron chi connectivity index (χ2n) is 5.59. The summed E-state index contributed by atoms with van der Waals surface area (Å²) >= 11 is 1.52. The van der Waals surface area contributed by atoms with Crippen LogP contribution in [0.5, 0.6) is 0 Å². The number of amides is 1. The van der Waals surface area contributed by atoms with Gasteiger partial charge in [0.2, 0.25) is 5.89 Å². The summed E-state index contributed by atoms with van der Waals surface area (Å²) in [4.78, 5) is 14.1. The lowest BCUT2D eigenvalue weighted by molar-refractivity contribution is 0.101. The van der Waals surface area contributed by atoms with Crippen LogP contribution in [0.25, 0.3) is 10.8 Å². The molecular formula is C15H15N5O2S. The number of carbonyl (C=O) groups is 1. The number of anilines is 1. The van der Waals surface area contributed by atoms with E-state index in [0.717, 1.165) is 28.3 Å². The van der Waals surface area contributed by atoms with Crippen LogP contribution in [0.15, 0.2) is 22.7 Å². The third kappa shape index (κ3) is 2.65. The summed E-state index contributed by atoms with van der Waals surface area (Å²) in [5.74, 6) is 1.47. The van der Waals surface area contributed by atoms with Gasteiger partial charge in [0.1, 0.15) is 5.69 Å². The maximum atomic E-state index is 12.3. The highest BCUT2D eigenvalue weighted by atomic mass is 32.1. The van der Waals surface area contributed by atoms with Gasteiger partial charge in [-0.2, -0.15) is 5.10 Å². The molecule has 8 heteroatoms. The lowest BCUT2D eigenvalue weighted by Gasteiger charge is -2.04. The average molecular weight is 329 g/mol. The quantitative estimate of drug-likeness (QED) is 0.795. The third-order valence-electron chi connectivity index (χ3n) is 3.80. The van der Waals surface area contributed by atoms with Crippen LogP contribution in [-0.4, -0.2) is 25.9 Å². The normalized spacial score (nSPS) is 14.2. The van der Waals surface area contributed by atoms with Crippen LogP contribution in [0.1, 0.15) is 40.0 Å². The van der Waals surface area contributed by atoms with Gasteiger partial charge in [-0.05, 0) is 31.9 Å². The maximum Gasteiger partial charge on any atom is 0.273 e. The summed E-state index contributed by atoms with van der Waals surface area (Å²) in [5.41, 5.74) is 1.26. The first-order chi connectivity index (χ1) is 11.1. The Bertz CT molecular complexity index is 874. The van der Waals surface area contributed by atoms with Gasteiger partial charge in [-0.15, -0.1) is 21.5 Å². The molecule has 7 nitrogen and oxygen atoms in total. The lowest BCUT2D eigenvalue weighted by Crippen LogP contribution is -2.16. The van der Waals surface area contributed by atoms with Gasteiger partial charge in [0.15, 0.2) is 0 Å². The van der Waals surface area contributed by atoms with E-state index >= 15 is 0 Å². The number of nitrogens with zero attached hydrogens (tertiary/aromatic N) is 4. The van der Waals surface area contributed by atoms with Crippen molar-refractivity contribution >= 4 is 22.9 Å². The van der Waals surface area contributed by atoms with Gasteiger partial charge in [0.05, 0.1) is 10.6 Å². The van der Waals surface area contributed by atoms with Gasteiger partial charge in [-0.3, -0.25) is 9.48 Å². The van der Waals surface area contributed by atoms with Crippen LogP contribution >= 0.6 is 11.3 Å². The maximum absolute atomic E-state index is 12.3. The molecule has 1 fully saturated rings. The fourth-order valence-electron chi connectivity index (χ4n) is 2.32. The molecule has 0 saturated heterocycles. The van der Waals surface area contributed by atoms with Crippen molar-refractivity contribution in [2.75, 3.05) is 5.32 Å². The molecule has 4 rings (SSSR count). The number of nitrogens with one attached hydrogen (secondary N) is 1. The zero-order chi connectivity index (χ0) is 16.0. The highest BCUT2D eigenvalue weighted by Crippen LogP contribution is 2.41. The fourth-order valence-corrected chi connectivity index (χ4v) is 3.22. The van der Waals surface area contributed by atoms with Gasteiger partial charge in [-0.1, -0.05) is 0 Å². The molecule has 0 aromatic carbocycles. The Labute approximate surface area is 136 Å². The molecule has 0 spiro atoms.